The summed E-state index contributed by atoms with van der Waals surface area (Å²) in [6.45, 7) is 6.59. The van der Waals surface area contributed by atoms with Crippen LogP contribution in [0.25, 0.3) is 0 Å². The maximum atomic E-state index is 12.0. The number of piperidine rings is 1. The van der Waals surface area contributed by atoms with Gasteiger partial charge in [-0.1, -0.05) is 0 Å². The van der Waals surface area contributed by atoms with Gasteiger partial charge in [0.15, 0.2) is 0 Å². The lowest BCUT2D eigenvalue weighted by molar-refractivity contribution is -0.166. The second-order valence-electron chi connectivity index (χ2n) is 5.60. The van der Waals surface area contributed by atoms with Crippen molar-refractivity contribution in [3.8, 4) is 0 Å². The molecular weight excluding hydrogens is 178 g/mol. The maximum Gasteiger partial charge on any atom is 0.313 e. The average Bonchev–Trinajstić information content (AvgIpc) is 2.60. The molecule has 0 unspecified atom stereocenters. The monoisotopic (exact) mass is 197 g/mol. The highest BCUT2D eigenvalue weighted by Gasteiger charge is 2.51. The molecule has 0 aromatic rings. The summed E-state index contributed by atoms with van der Waals surface area (Å²) in [6.07, 6.45) is 3.10. The number of hydrogen-bond acceptors (Lipinski definition) is 3. The maximum absolute atomic E-state index is 12.0. The molecule has 0 aromatic carbocycles. The molecule has 2 rings (SSSR count). The van der Waals surface area contributed by atoms with Crippen molar-refractivity contribution in [1.82, 2.24) is 5.32 Å². The predicted octanol–water partition coefficient (Wildman–Crippen LogP) is 1.47. The Morgan fingerprint density at radius 2 is 2.21 bits per heavy atom. The summed E-state index contributed by atoms with van der Waals surface area (Å²) in [4.78, 5) is 12.0. The van der Waals surface area contributed by atoms with Gasteiger partial charge in [-0.3, -0.25) is 4.79 Å². The van der Waals surface area contributed by atoms with E-state index in [1.165, 1.54) is 0 Å². The Morgan fingerprint density at radius 3 is 2.57 bits per heavy atom. The van der Waals surface area contributed by atoms with Crippen LogP contribution in [0.4, 0.5) is 0 Å². The zero-order valence-corrected chi connectivity index (χ0v) is 9.22. The summed E-state index contributed by atoms with van der Waals surface area (Å²) < 4.78 is 5.46. The molecule has 2 aliphatic rings. The Labute approximate surface area is 85.2 Å². The molecule has 0 radical (unpaired) electrons. The summed E-state index contributed by atoms with van der Waals surface area (Å²) in [5.74, 6) is -0.00231. The van der Waals surface area contributed by atoms with Crippen LogP contribution in [0.2, 0.25) is 0 Å². The van der Waals surface area contributed by atoms with E-state index in [4.69, 9.17) is 4.74 Å². The summed E-state index contributed by atoms with van der Waals surface area (Å²) in [7, 11) is 0. The predicted molar refractivity (Wildman–Crippen MR) is 53.9 cm³/mol. The van der Waals surface area contributed by atoms with E-state index in [1.54, 1.807) is 0 Å². The van der Waals surface area contributed by atoms with Gasteiger partial charge in [-0.05, 0) is 40.0 Å². The number of ether oxygens (including phenoxy) is 1. The molecule has 1 saturated heterocycles. The molecule has 2 bridgehead atoms. The first-order chi connectivity index (χ1) is 6.41. The van der Waals surface area contributed by atoms with E-state index in [0.29, 0.717) is 6.04 Å². The van der Waals surface area contributed by atoms with Crippen molar-refractivity contribution in [2.24, 2.45) is 5.41 Å². The van der Waals surface area contributed by atoms with Crippen LogP contribution in [0.5, 0.6) is 0 Å². The molecule has 1 heterocycles. The second kappa shape index (κ2) is 2.96. The highest BCUT2D eigenvalue weighted by Crippen LogP contribution is 2.44. The van der Waals surface area contributed by atoms with Crippen LogP contribution in [0.3, 0.4) is 0 Å². The molecule has 0 amide bonds. The van der Waals surface area contributed by atoms with E-state index in [2.05, 4.69) is 5.32 Å². The van der Waals surface area contributed by atoms with Crippen molar-refractivity contribution in [2.45, 2.75) is 51.7 Å². The van der Waals surface area contributed by atoms with Crippen molar-refractivity contribution in [2.75, 3.05) is 6.54 Å². The van der Waals surface area contributed by atoms with Gasteiger partial charge in [-0.25, -0.2) is 0 Å². The van der Waals surface area contributed by atoms with Gasteiger partial charge in [0.05, 0.1) is 5.41 Å². The second-order valence-corrected chi connectivity index (χ2v) is 5.60. The fourth-order valence-corrected chi connectivity index (χ4v) is 2.44. The molecule has 1 saturated carbocycles. The van der Waals surface area contributed by atoms with Gasteiger partial charge in [0.2, 0.25) is 0 Å². The minimum atomic E-state index is -0.355. The SMILES string of the molecule is CC(C)(C)OC(=O)[C@@]12CC[C@@H](C1)NC2. The van der Waals surface area contributed by atoms with Crippen LogP contribution in [0, 0.1) is 5.41 Å². The normalized spacial score (nSPS) is 36.1. The van der Waals surface area contributed by atoms with Gasteiger partial charge in [0, 0.05) is 12.6 Å². The summed E-state index contributed by atoms with van der Waals surface area (Å²) in [5.41, 5.74) is -0.551. The summed E-state index contributed by atoms with van der Waals surface area (Å²) in [5, 5.41) is 3.36. The fourth-order valence-electron chi connectivity index (χ4n) is 2.44. The first kappa shape index (κ1) is 9.97. The quantitative estimate of drug-likeness (QED) is 0.647. The minimum absolute atomic E-state index is 0.00231. The van der Waals surface area contributed by atoms with Crippen LogP contribution >= 0.6 is 0 Å². The van der Waals surface area contributed by atoms with Gasteiger partial charge in [0.25, 0.3) is 0 Å². The van der Waals surface area contributed by atoms with Gasteiger partial charge < -0.3 is 10.1 Å². The molecule has 2 fully saturated rings. The minimum Gasteiger partial charge on any atom is -0.460 e. The number of carbonyl (C=O) groups excluding carboxylic acids is 1. The van der Waals surface area contributed by atoms with E-state index < -0.39 is 0 Å². The molecule has 1 aliphatic carbocycles. The molecule has 3 heteroatoms. The third-order valence-electron chi connectivity index (χ3n) is 3.17. The van der Waals surface area contributed by atoms with Crippen LogP contribution in [-0.4, -0.2) is 24.2 Å². The van der Waals surface area contributed by atoms with E-state index >= 15 is 0 Å². The number of rotatable bonds is 1. The molecule has 80 valence electrons. The van der Waals surface area contributed by atoms with Crippen molar-refractivity contribution in [3.63, 3.8) is 0 Å². The third kappa shape index (κ3) is 1.65. The first-order valence-corrected chi connectivity index (χ1v) is 5.38. The standard InChI is InChI=1S/C11H19NO2/c1-10(2,3)14-9(13)11-5-4-8(6-11)12-7-11/h8,12H,4-7H2,1-3H3/t8-,11-/m0/s1. The largest absolute Gasteiger partial charge is 0.460 e. The molecule has 14 heavy (non-hydrogen) atoms. The lowest BCUT2D eigenvalue weighted by Crippen LogP contribution is -2.40. The van der Waals surface area contributed by atoms with E-state index in [0.717, 1.165) is 25.8 Å². The molecule has 1 aliphatic heterocycles. The Morgan fingerprint density at radius 1 is 1.50 bits per heavy atom. The number of fused-ring (bicyclic) bond motifs is 2. The molecule has 2 atom stereocenters. The van der Waals surface area contributed by atoms with Crippen molar-refractivity contribution in [1.29, 1.82) is 0 Å². The number of esters is 1. The molecule has 0 spiro atoms. The summed E-state index contributed by atoms with van der Waals surface area (Å²) >= 11 is 0. The zero-order chi connectivity index (χ0) is 10.4. The van der Waals surface area contributed by atoms with Gasteiger partial charge in [0.1, 0.15) is 5.60 Å². The molecule has 3 nitrogen and oxygen atoms in total. The first-order valence-electron chi connectivity index (χ1n) is 5.38. The van der Waals surface area contributed by atoms with Crippen LogP contribution in [-0.2, 0) is 9.53 Å². The summed E-state index contributed by atoms with van der Waals surface area (Å²) in [6, 6.07) is 0.558. The zero-order valence-electron chi connectivity index (χ0n) is 9.22. The smallest absolute Gasteiger partial charge is 0.313 e. The third-order valence-corrected chi connectivity index (χ3v) is 3.17. The van der Waals surface area contributed by atoms with Crippen molar-refractivity contribution in [3.05, 3.63) is 0 Å². The Kier molecular flexibility index (Phi) is 2.11. The van der Waals surface area contributed by atoms with Gasteiger partial charge in [-0.15, -0.1) is 0 Å². The van der Waals surface area contributed by atoms with Crippen LogP contribution < -0.4 is 5.32 Å². The number of carbonyl (C=O) groups is 1. The lowest BCUT2D eigenvalue weighted by Gasteiger charge is -2.29. The van der Waals surface area contributed by atoms with Gasteiger partial charge in [-0.2, -0.15) is 0 Å². The van der Waals surface area contributed by atoms with Crippen LogP contribution in [0.15, 0.2) is 0 Å². The Hall–Kier alpha value is -0.570. The van der Waals surface area contributed by atoms with E-state index in [9.17, 15) is 4.79 Å². The fraction of sp³-hybridized carbons (Fsp3) is 0.909. The lowest BCUT2D eigenvalue weighted by atomic mass is 9.87. The molecule has 1 N–H and O–H groups in total. The highest BCUT2D eigenvalue weighted by atomic mass is 16.6. The number of hydrogen-bond donors (Lipinski definition) is 1. The van der Waals surface area contributed by atoms with Crippen molar-refractivity contribution >= 4 is 5.97 Å². The van der Waals surface area contributed by atoms with Gasteiger partial charge >= 0.3 is 5.97 Å². The van der Waals surface area contributed by atoms with E-state index in [1.807, 2.05) is 20.8 Å². The average molecular weight is 197 g/mol. The highest BCUT2D eigenvalue weighted by molar-refractivity contribution is 5.78. The Balaban J connectivity index is 2.04. The Bertz CT molecular complexity index is 247. The topological polar surface area (TPSA) is 38.3 Å². The number of nitrogens with one attached hydrogen (secondary N) is 1. The van der Waals surface area contributed by atoms with Crippen molar-refractivity contribution < 1.29 is 9.53 Å². The molecular formula is C11H19NO2. The molecule has 0 aromatic heterocycles. The van der Waals surface area contributed by atoms with Crippen LogP contribution in [0.1, 0.15) is 40.0 Å². The van der Waals surface area contributed by atoms with E-state index in [-0.39, 0.29) is 17.0 Å².